The van der Waals surface area contributed by atoms with Gasteiger partial charge >= 0.3 is 0 Å². The summed E-state index contributed by atoms with van der Waals surface area (Å²) in [5.74, 6) is 0. The highest BCUT2D eigenvalue weighted by molar-refractivity contribution is 9.10. The van der Waals surface area contributed by atoms with Crippen LogP contribution >= 0.6 is 15.9 Å². The molecule has 4 aromatic rings. The fraction of sp³-hybridized carbons (Fsp3) is 0.0400. The second kappa shape index (κ2) is 6.93. The highest BCUT2D eigenvalue weighted by Gasteiger charge is 2.11. The van der Waals surface area contributed by atoms with E-state index in [1.807, 2.05) is 6.08 Å². The Morgan fingerprint density at radius 3 is 2.08 bits per heavy atom. The third kappa shape index (κ3) is 2.79. The molecule has 0 amide bonds. The molecular weight excluding hydrogens is 380 g/mol. The van der Waals surface area contributed by atoms with E-state index in [1.54, 1.807) is 0 Å². The summed E-state index contributed by atoms with van der Waals surface area (Å²) in [6.45, 7) is 6.14. The Kier molecular flexibility index (Phi) is 4.48. The first-order valence-corrected chi connectivity index (χ1v) is 9.52. The summed E-state index contributed by atoms with van der Waals surface area (Å²) in [6, 6.07) is 23.8. The lowest BCUT2D eigenvalue weighted by molar-refractivity contribution is 1.61. The Balaban J connectivity index is 2.10. The van der Waals surface area contributed by atoms with Crippen LogP contribution in [0.15, 0.2) is 83.9 Å². The van der Waals surface area contributed by atoms with Gasteiger partial charge in [-0.15, -0.1) is 0 Å². The molecule has 0 bridgehead atoms. The van der Waals surface area contributed by atoms with E-state index < -0.39 is 0 Å². The molecule has 26 heavy (non-hydrogen) atoms. The molecule has 0 unspecified atom stereocenters. The van der Waals surface area contributed by atoms with Gasteiger partial charge in [0.25, 0.3) is 0 Å². The minimum absolute atomic E-state index is 1.09. The first-order valence-electron chi connectivity index (χ1n) is 8.72. The van der Waals surface area contributed by atoms with Crippen molar-refractivity contribution in [1.82, 2.24) is 0 Å². The Hall–Kier alpha value is -2.64. The monoisotopic (exact) mass is 398 g/mol. The average Bonchev–Trinajstić information content (AvgIpc) is 2.69. The second-order valence-corrected chi connectivity index (χ2v) is 7.26. The fourth-order valence-electron chi connectivity index (χ4n) is 3.63. The van der Waals surface area contributed by atoms with Crippen molar-refractivity contribution in [2.75, 3.05) is 0 Å². The SMILES string of the molecule is C=Cc1c(/C=C\C)c2ccccc2c2cc(-c3ccc(Br)cc3)ccc12. The maximum atomic E-state index is 4.08. The van der Waals surface area contributed by atoms with Crippen LogP contribution in [0.1, 0.15) is 18.1 Å². The molecule has 0 nitrogen and oxygen atoms in total. The summed E-state index contributed by atoms with van der Waals surface area (Å²) in [6.07, 6.45) is 6.25. The zero-order chi connectivity index (χ0) is 18.1. The lowest BCUT2D eigenvalue weighted by Gasteiger charge is -2.14. The van der Waals surface area contributed by atoms with Crippen LogP contribution in [0.2, 0.25) is 0 Å². The van der Waals surface area contributed by atoms with E-state index in [1.165, 1.54) is 43.8 Å². The van der Waals surface area contributed by atoms with E-state index in [2.05, 4.69) is 108 Å². The van der Waals surface area contributed by atoms with Crippen molar-refractivity contribution in [1.29, 1.82) is 0 Å². The van der Waals surface area contributed by atoms with Crippen molar-refractivity contribution in [3.05, 3.63) is 95.0 Å². The van der Waals surface area contributed by atoms with E-state index in [0.717, 1.165) is 4.47 Å². The highest BCUT2D eigenvalue weighted by Crippen LogP contribution is 2.36. The highest BCUT2D eigenvalue weighted by atomic mass is 79.9. The Labute approximate surface area is 162 Å². The van der Waals surface area contributed by atoms with E-state index in [9.17, 15) is 0 Å². The molecule has 0 aromatic heterocycles. The molecule has 0 aliphatic rings. The number of halogens is 1. The van der Waals surface area contributed by atoms with Crippen LogP contribution in [0.25, 0.3) is 44.8 Å². The molecule has 0 radical (unpaired) electrons. The first kappa shape index (κ1) is 16.8. The van der Waals surface area contributed by atoms with Gasteiger partial charge < -0.3 is 0 Å². The van der Waals surface area contributed by atoms with Crippen LogP contribution in [-0.4, -0.2) is 0 Å². The quantitative estimate of drug-likeness (QED) is 0.305. The van der Waals surface area contributed by atoms with Crippen LogP contribution in [0, 0.1) is 0 Å². The smallest absolute Gasteiger partial charge is 0.0175 e. The van der Waals surface area contributed by atoms with Crippen LogP contribution in [0.4, 0.5) is 0 Å². The fourth-order valence-corrected chi connectivity index (χ4v) is 3.90. The van der Waals surface area contributed by atoms with Gasteiger partial charge in [0, 0.05) is 4.47 Å². The largest absolute Gasteiger partial charge is 0.0984 e. The predicted molar refractivity (Wildman–Crippen MR) is 119 cm³/mol. The van der Waals surface area contributed by atoms with E-state index in [0.29, 0.717) is 0 Å². The molecule has 0 aliphatic carbocycles. The Morgan fingerprint density at radius 1 is 0.731 bits per heavy atom. The second-order valence-electron chi connectivity index (χ2n) is 6.34. The van der Waals surface area contributed by atoms with Crippen molar-refractivity contribution in [3.8, 4) is 11.1 Å². The van der Waals surface area contributed by atoms with Gasteiger partial charge in [-0.25, -0.2) is 0 Å². The standard InChI is InChI=1S/C25H19Br/c1-3-7-21-20(4-2)24-15-12-18(17-10-13-19(26)14-11-17)16-25(24)23-9-6-5-8-22(21)23/h3-16H,2H2,1H3/b7-3-. The summed E-state index contributed by atoms with van der Waals surface area (Å²) < 4.78 is 1.09. The van der Waals surface area contributed by atoms with E-state index in [-0.39, 0.29) is 0 Å². The van der Waals surface area contributed by atoms with Gasteiger partial charge in [-0.2, -0.15) is 0 Å². The molecule has 126 valence electrons. The maximum Gasteiger partial charge on any atom is 0.0175 e. The van der Waals surface area contributed by atoms with Crippen LogP contribution in [-0.2, 0) is 0 Å². The van der Waals surface area contributed by atoms with Gasteiger partial charge in [0.05, 0.1) is 0 Å². The molecule has 0 saturated heterocycles. The molecule has 0 atom stereocenters. The van der Waals surface area contributed by atoms with Gasteiger partial charge in [-0.1, -0.05) is 89.3 Å². The summed E-state index contributed by atoms with van der Waals surface area (Å²) in [5, 5.41) is 5.05. The molecule has 1 heteroatoms. The minimum atomic E-state index is 1.09. The Morgan fingerprint density at radius 2 is 1.38 bits per heavy atom. The van der Waals surface area contributed by atoms with Crippen molar-refractivity contribution in [3.63, 3.8) is 0 Å². The molecule has 0 fully saturated rings. The zero-order valence-electron chi connectivity index (χ0n) is 14.7. The third-order valence-electron chi connectivity index (χ3n) is 4.82. The molecule has 0 aliphatic heterocycles. The number of allylic oxidation sites excluding steroid dienone is 1. The number of fused-ring (bicyclic) bond motifs is 3. The van der Waals surface area contributed by atoms with Crippen molar-refractivity contribution in [2.24, 2.45) is 0 Å². The minimum Gasteiger partial charge on any atom is -0.0984 e. The number of rotatable bonds is 3. The molecule has 0 heterocycles. The van der Waals surface area contributed by atoms with Crippen LogP contribution in [0.3, 0.4) is 0 Å². The zero-order valence-corrected chi connectivity index (χ0v) is 16.3. The van der Waals surface area contributed by atoms with Gasteiger partial charge in [-0.05, 0) is 68.9 Å². The first-order chi connectivity index (χ1) is 12.7. The third-order valence-corrected chi connectivity index (χ3v) is 5.35. The van der Waals surface area contributed by atoms with Crippen molar-refractivity contribution < 1.29 is 0 Å². The summed E-state index contributed by atoms with van der Waals surface area (Å²) in [4.78, 5) is 0. The summed E-state index contributed by atoms with van der Waals surface area (Å²) >= 11 is 3.51. The topological polar surface area (TPSA) is 0 Å². The normalized spacial score (nSPS) is 11.5. The van der Waals surface area contributed by atoms with Gasteiger partial charge in [0.15, 0.2) is 0 Å². The van der Waals surface area contributed by atoms with Crippen LogP contribution in [0.5, 0.6) is 0 Å². The lowest BCUT2D eigenvalue weighted by atomic mass is 9.89. The molecule has 4 rings (SSSR count). The molecular formula is C25H19Br. The van der Waals surface area contributed by atoms with Crippen molar-refractivity contribution in [2.45, 2.75) is 6.92 Å². The van der Waals surface area contributed by atoms with Gasteiger partial charge in [-0.3, -0.25) is 0 Å². The number of hydrogen-bond donors (Lipinski definition) is 0. The van der Waals surface area contributed by atoms with Crippen LogP contribution < -0.4 is 0 Å². The maximum absolute atomic E-state index is 4.08. The predicted octanol–water partition coefficient (Wildman–Crippen LogP) is 8.10. The van der Waals surface area contributed by atoms with Gasteiger partial charge in [0.1, 0.15) is 0 Å². The molecule has 0 spiro atoms. The number of hydrogen-bond acceptors (Lipinski definition) is 0. The molecule has 0 saturated carbocycles. The Bertz CT molecular complexity index is 1150. The van der Waals surface area contributed by atoms with Crippen molar-refractivity contribution >= 4 is 49.6 Å². The van der Waals surface area contributed by atoms with Gasteiger partial charge in [0.2, 0.25) is 0 Å². The van der Waals surface area contributed by atoms with E-state index in [4.69, 9.17) is 0 Å². The summed E-state index contributed by atoms with van der Waals surface area (Å²) in [5.41, 5.74) is 4.88. The summed E-state index contributed by atoms with van der Waals surface area (Å²) in [7, 11) is 0. The van der Waals surface area contributed by atoms with E-state index >= 15 is 0 Å². The average molecular weight is 399 g/mol. The lowest BCUT2D eigenvalue weighted by Crippen LogP contribution is -1.90. The molecule has 0 N–H and O–H groups in total. The number of benzene rings is 4. The molecule has 4 aromatic carbocycles.